The van der Waals surface area contributed by atoms with Crippen LogP contribution in [-0.2, 0) is 0 Å². The fraction of sp³-hybridized carbons (Fsp3) is 0.625. The van der Waals surface area contributed by atoms with Gasteiger partial charge in [0.1, 0.15) is 11.9 Å². The molecule has 0 amide bonds. The Bertz CT molecular complexity index is 377. The molecule has 1 aliphatic heterocycles. The molecule has 18 heavy (non-hydrogen) atoms. The largest absolute Gasteiger partial charge is 0.490 e. The van der Waals surface area contributed by atoms with E-state index in [2.05, 4.69) is 50.4 Å². The van der Waals surface area contributed by atoms with Crippen molar-refractivity contribution in [1.29, 1.82) is 0 Å². The molecule has 1 N–H and O–H groups in total. The zero-order valence-corrected chi connectivity index (χ0v) is 11.8. The van der Waals surface area contributed by atoms with E-state index in [0.29, 0.717) is 18.1 Å². The molecule has 0 spiro atoms. The Labute approximate surface area is 111 Å². The molecule has 0 aliphatic carbocycles. The van der Waals surface area contributed by atoms with Crippen molar-refractivity contribution in [3.63, 3.8) is 0 Å². The summed E-state index contributed by atoms with van der Waals surface area (Å²) in [6.07, 6.45) is 3.74. The molecule has 0 bridgehead atoms. The van der Waals surface area contributed by atoms with Crippen LogP contribution in [0.1, 0.15) is 51.5 Å². The summed E-state index contributed by atoms with van der Waals surface area (Å²) in [5, 5.41) is 3.47. The Hall–Kier alpha value is -1.02. The van der Waals surface area contributed by atoms with Crippen LogP contribution < -0.4 is 10.1 Å². The quantitative estimate of drug-likeness (QED) is 0.875. The second kappa shape index (κ2) is 6.24. The van der Waals surface area contributed by atoms with Gasteiger partial charge in [-0.2, -0.15) is 0 Å². The molecule has 1 saturated heterocycles. The predicted octanol–water partition coefficient (Wildman–Crippen LogP) is 3.72. The van der Waals surface area contributed by atoms with Crippen molar-refractivity contribution in [2.24, 2.45) is 0 Å². The normalized spacial score (nSPS) is 25.7. The highest BCUT2D eigenvalue weighted by molar-refractivity contribution is 5.36. The lowest BCUT2D eigenvalue weighted by atomic mass is 9.97. The molecule has 1 aromatic carbocycles. The Kier molecular flexibility index (Phi) is 4.65. The van der Waals surface area contributed by atoms with Crippen molar-refractivity contribution in [3.8, 4) is 5.75 Å². The first-order valence-electron chi connectivity index (χ1n) is 7.19. The molecular weight excluding hydrogens is 222 g/mol. The molecule has 0 saturated carbocycles. The van der Waals surface area contributed by atoms with Gasteiger partial charge in [-0.05, 0) is 50.3 Å². The third-order valence-electron chi connectivity index (χ3n) is 3.93. The maximum atomic E-state index is 6.24. The van der Waals surface area contributed by atoms with Crippen molar-refractivity contribution in [2.75, 3.05) is 6.54 Å². The van der Waals surface area contributed by atoms with Crippen molar-refractivity contribution in [1.82, 2.24) is 5.32 Å². The summed E-state index contributed by atoms with van der Waals surface area (Å²) in [5.41, 5.74) is 1.35. The maximum Gasteiger partial charge on any atom is 0.123 e. The van der Waals surface area contributed by atoms with Gasteiger partial charge in [-0.1, -0.05) is 32.0 Å². The van der Waals surface area contributed by atoms with Gasteiger partial charge in [0.05, 0.1) is 0 Å². The van der Waals surface area contributed by atoms with E-state index in [1.54, 1.807) is 0 Å². The third kappa shape index (κ3) is 3.26. The number of rotatable bonds is 4. The summed E-state index contributed by atoms with van der Waals surface area (Å²) in [5.74, 6) is 1.66. The van der Waals surface area contributed by atoms with E-state index in [0.717, 1.165) is 31.6 Å². The first-order valence-corrected chi connectivity index (χ1v) is 7.19. The molecule has 2 nitrogen and oxygen atoms in total. The fourth-order valence-electron chi connectivity index (χ4n) is 2.59. The standard InChI is InChI=1S/C16H25NO/c1-4-12(2)15-7-5-6-8-16(15)18-14-9-10-17-13(3)11-14/h5-8,12-14,17H,4,9-11H2,1-3H3. The van der Waals surface area contributed by atoms with E-state index in [1.807, 2.05) is 0 Å². The van der Waals surface area contributed by atoms with E-state index in [1.165, 1.54) is 5.56 Å². The van der Waals surface area contributed by atoms with E-state index < -0.39 is 0 Å². The Morgan fingerprint density at radius 2 is 2.17 bits per heavy atom. The van der Waals surface area contributed by atoms with Crippen LogP contribution in [0.15, 0.2) is 24.3 Å². The molecule has 2 heteroatoms. The van der Waals surface area contributed by atoms with Gasteiger partial charge >= 0.3 is 0 Å². The second-order valence-electron chi connectivity index (χ2n) is 5.47. The topological polar surface area (TPSA) is 21.3 Å². The fourth-order valence-corrected chi connectivity index (χ4v) is 2.59. The average Bonchev–Trinajstić information content (AvgIpc) is 2.38. The van der Waals surface area contributed by atoms with Crippen molar-refractivity contribution < 1.29 is 4.74 Å². The molecule has 1 aliphatic rings. The van der Waals surface area contributed by atoms with Gasteiger partial charge in [-0.3, -0.25) is 0 Å². The molecule has 3 unspecified atom stereocenters. The lowest BCUT2D eigenvalue weighted by Gasteiger charge is -2.29. The van der Waals surface area contributed by atoms with Gasteiger partial charge in [0.2, 0.25) is 0 Å². The van der Waals surface area contributed by atoms with Crippen LogP contribution in [0.4, 0.5) is 0 Å². The van der Waals surface area contributed by atoms with Crippen LogP contribution in [-0.4, -0.2) is 18.7 Å². The lowest BCUT2D eigenvalue weighted by molar-refractivity contribution is 0.142. The van der Waals surface area contributed by atoms with Crippen LogP contribution in [0, 0.1) is 0 Å². The molecule has 1 heterocycles. The number of benzene rings is 1. The van der Waals surface area contributed by atoms with Crippen LogP contribution >= 0.6 is 0 Å². The summed E-state index contributed by atoms with van der Waals surface area (Å²) < 4.78 is 6.24. The highest BCUT2D eigenvalue weighted by Gasteiger charge is 2.21. The highest BCUT2D eigenvalue weighted by Crippen LogP contribution is 2.30. The Balaban J connectivity index is 2.08. The SMILES string of the molecule is CCC(C)c1ccccc1OC1CCNC(C)C1. The van der Waals surface area contributed by atoms with E-state index >= 15 is 0 Å². The van der Waals surface area contributed by atoms with Gasteiger partial charge in [0.15, 0.2) is 0 Å². The molecule has 0 aromatic heterocycles. The molecule has 1 fully saturated rings. The zero-order valence-electron chi connectivity index (χ0n) is 11.8. The summed E-state index contributed by atoms with van der Waals surface area (Å²) in [6.45, 7) is 7.80. The Morgan fingerprint density at radius 3 is 2.89 bits per heavy atom. The molecular formula is C16H25NO. The van der Waals surface area contributed by atoms with E-state index in [4.69, 9.17) is 4.74 Å². The molecule has 100 valence electrons. The van der Waals surface area contributed by atoms with Crippen molar-refractivity contribution in [2.45, 2.75) is 58.1 Å². The zero-order chi connectivity index (χ0) is 13.0. The van der Waals surface area contributed by atoms with E-state index in [-0.39, 0.29) is 0 Å². The summed E-state index contributed by atoms with van der Waals surface area (Å²) >= 11 is 0. The third-order valence-corrected chi connectivity index (χ3v) is 3.93. The Morgan fingerprint density at radius 1 is 1.39 bits per heavy atom. The first-order chi connectivity index (χ1) is 8.70. The van der Waals surface area contributed by atoms with Gasteiger partial charge in [0, 0.05) is 6.04 Å². The lowest BCUT2D eigenvalue weighted by Crippen LogP contribution is -2.40. The van der Waals surface area contributed by atoms with Gasteiger partial charge in [-0.15, -0.1) is 0 Å². The van der Waals surface area contributed by atoms with Crippen LogP contribution in [0.2, 0.25) is 0 Å². The number of piperidine rings is 1. The molecule has 3 atom stereocenters. The maximum absolute atomic E-state index is 6.24. The van der Waals surface area contributed by atoms with Crippen LogP contribution in [0.25, 0.3) is 0 Å². The number of para-hydroxylation sites is 1. The summed E-state index contributed by atoms with van der Waals surface area (Å²) in [7, 11) is 0. The molecule has 1 aromatic rings. The van der Waals surface area contributed by atoms with Gasteiger partial charge < -0.3 is 10.1 Å². The minimum Gasteiger partial charge on any atom is -0.490 e. The van der Waals surface area contributed by atoms with Crippen LogP contribution in [0.3, 0.4) is 0 Å². The first kappa shape index (κ1) is 13.4. The number of ether oxygens (including phenoxy) is 1. The predicted molar refractivity (Wildman–Crippen MR) is 76.3 cm³/mol. The molecule has 2 rings (SSSR count). The van der Waals surface area contributed by atoms with Crippen LogP contribution in [0.5, 0.6) is 5.75 Å². The number of hydrogen-bond donors (Lipinski definition) is 1. The number of hydrogen-bond acceptors (Lipinski definition) is 2. The van der Waals surface area contributed by atoms with Crippen molar-refractivity contribution >= 4 is 0 Å². The van der Waals surface area contributed by atoms with Crippen molar-refractivity contribution in [3.05, 3.63) is 29.8 Å². The summed E-state index contributed by atoms with van der Waals surface area (Å²) in [6, 6.07) is 9.08. The second-order valence-corrected chi connectivity index (χ2v) is 5.47. The van der Waals surface area contributed by atoms with E-state index in [9.17, 15) is 0 Å². The number of nitrogens with one attached hydrogen (secondary N) is 1. The average molecular weight is 247 g/mol. The van der Waals surface area contributed by atoms with Gasteiger partial charge in [-0.25, -0.2) is 0 Å². The minimum absolute atomic E-state index is 0.367. The molecule has 0 radical (unpaired) electrons. The monoisotopic (exact) mass is 247 g/mol. The van der Waals surface area contributed by atoms with Gasteiger partial charge in [0.25, 0.3) is 0 Å². The smallest absolute Gasteiger partial charge is 0.123 e. The minimum atomic E-state index is 0.367. The summed E-state index contributed by atoms with van der Waals surface area (Å²) in [4.78, 5) is 0. The highest BCUT2D eigenvalue weighted by atomic mass is 16.5.